The van der Waals surface area contributed by atoms with E-state index in [0.29, 0.717) is 10.8 Å². The molecule has 0 radical (unpaired) electrons. The number of para-hydroxylation sites is 2. The fourth-order valence-electron chi connectivity index (χ4n) is 3.27. The van der Waals surface area contributed by atoms with Gasteiger partial charge in [-0.05, 0) is 57.5 Å². The molecule has 2 rings (SSSR count). The topological polar surface area (TPSA) is 96.0 Å². The van der Waals surface area contributed by atoms with Gasteiger partial charge in [0.05, 0.1) is 19.1 Å². The zero-order chi connectivity index (χ0) is 25.7. The van der Waals surface area contributed by atoms with Crippen LogP contribution in [0.4, 0.5) is 5.69 Å². The number of sulfonamides is 1. The molecule has 0 bridgehead atoms. The number of ether oxygens (including phenoxy) is 1. The summed E-state index contributed by atoms with van der Waals surface area (Å²) in [6.07, 6.45) is 1.02. The van der Waals surface area contributed by atoms with Crippen LogP contribution in [0.2, 0.25) is 5.02 Å². The third-order valence-corrected chi connectivity index (χ3v) is 6.34. The van der Waals surface area contributed by atoms with Crippen molar-refractivity contribution in [3.05, 3.63) is 59.1 Å². The minimum absolute atomic E-state index is 0.0955. The Bertz CT molecular complexity index is 1110. The third kappa shape index (κ3) is 7.63. The molecule has 1 N–H and O–H groups in total. The number of anilines is 1. The fraction of sp³-hybridized carbons (Fsp3) is 0.417. The van der Waals surface area contributed by atoms with Gasteiger partial charge < -0.3 is 15.0 Å². The summed E-state index contributed by atoms with van der Waals surface area (Å²) in [6, 6.07) is 12.6. The van der Waals surface area contributed by atoms with Crippen molar-refractivity contribution in [2.45, 2.75) is 45.8 Å². The van der Waals surface area contributed by atoms with Gasteiger partial charge in [-0.2, -0.15) is 0 Å². The van der Waals surface area contributed by atoms with Crippen LogP contribution in [0.1, 0.15) is 33.3 Å². The largest absolute Gasteiger partial charge is 0.495 e. The summed E-state index contributed by atoms with van der Waals surface area (Å²) in [4.78, 5) is 27.8. The second-order valence-electron chi connectivity index (χ2n) is 9.00. The molecule has 0 aromatic heterocycles. The maximum Gasteiger partial charge on any atom is 0.244 e. The second kappa shape index (κ2) is 11.1. The summed E-state index contributed by atoms with van der Waals surface area (Å²) < 4.78 is 31.6. The summed E-state index contributed by atoms with van der Waals surface area (Å²) in [6.45, 7) is 6.74. The van der Waals surface area contributed by atoms with Crippen LogP contribution >= 0.6 is 11.6 Å². The Balaban J connectivity index is 2.43. The van der Waals surface area contributed by atoms with Crippen LogP contribution in [0, 0.1) is 0 Å². The first-order valence-electron chi connectivity index (χ1n) is 10.7. The lowest BCUT2D eigenvalue weighted by molar-refractivity contribution is -0.140. The number of methoxy groups -OCH3 is 1. The van der Waals surface area contributed by atoms with Crippen LogP contribution in [-0.2, 0) is 26.2 Å². The van der Waals surface area contributed by atoms with E-state index in [4.69, 9.17) is 16.3 Å². The van der Waals surface area contributed by atoms with Gasteiger partial charge in [0.25, 0.3) is 0 Å². The molecule has 0 aliphatic rings. The van der Waals surface area contributed by atoms with E-state index in [1.165, 1.54) is 12.0 Å². The van der Waals surface area contributed by atoms with Gasteiger partial charge in [-0.3, -0.25) is 13.9 Å². The molecule has 10 heteroatoms. The number of rotatable bonds is 9. The average Bonchev–Trinajstić information content (AvgIpc) is 2.74. The minimum Gasteiger partial charge on any atom is -0.495 e. The van der Waals surface area contributed by atoms with Crippen molar-refractivity contribution in [3.63, 3.8) is 0 Å². The normalized spacial score (nSPS) is 12.6. The number of hydrogen-bond donors (Lipinski definition) is 1. The van der Waals surface area contributed by atoms with Crippen LogP contribution in [-0.4, -0.2) is 56.6 Å². The Morgan fingerprint density at radius 2 is 1.68 bits per heavy atom. The summed E-state index contributed by atoms with van der Waals surface area (Å²) >= 11 is 5.98. The molecule has 34 heavy (non-hydrogen) atoms. The smallest absolute Gasteiger partial charge is 0.244 e. The van der Waals surface area contributed by atoms with Gasteiger partial charge in [-0.25, -0.2) is 8.42 Å². The van der Waals surface area contributed by atoms with Gasteiger partial charge in [0, 0.05) is 17.1 Å². The molecule has 0 heterocycles. The molecule has 1 atom stereocenters. The lowest BCUT2D eigenvalue weighted by Crippen LogP contribution is -2.54. The number of halogens is 1. The Morgan fingerprint density at radius 1 is 1.09 bits per heavy atom. The minimum atomic E-state index is -3.84. The molecule has 8 nitrogen and oxygen atoms in total. The first-order valence-corrected chi connectivity index (χ1v) is 12.9. The number of carbonyl (C=O) groups excluding carboxylic acids is 2. The highest BCUT2D eigenvalue weighted by Gasteiger charge is 2.32. The number of hydrogen-bond acceptors (Lipinski definition) is 5. The van der Waals surface area contributed by atoms with E-state index < -0.39 is 34.1 Å². The van der Waals surface area contributed by atoms with Crippen molar-refractivity contribution in [1.29, 1.82) is 0 Å². The SMILES string of the molecule is COc1ccccc1N(CC(=O)N(Cc1ccc(Cl)cc1)C(C)C(=O)NC(C)(C)C)S(C)(=O)=O. The molecule has 0 aliphatic heterocycles. The maximum absolute atomic E-state index is 13.5. The van der Waals surface area contributed by atoms with E-state index in [1.807, 2.05) is 20.8 Å². The number of carbonyl (C=O) groups is 2. The molecule has 0 spiro atoms. The first kappa shape index (κ1) is 27.5. The third-order valence-electron chi connectivity index (χ3n) is 4.96. The monoisotopic (exact) mass is 509 g/mol. The predicted octanol–water partition coefficient (Wildman–Crippen LogP) is 3.45. The van der Waals surface area contributed by atoms with Crippen LogP contribution in [0.25, 0.3) is 0 Å². The van der Waals surface area contributed by atoms with Crippen molar-refractivity contribution < 1.29 is 22.7 Å². The second-order valence-corrected chi connectivity index (χ2v) is 11.3. The number of amides is 2. The van der Waals surface area contributed by atoms with Crippen LogP contribution < -0.4 is 14.4 Å². The number of nitrogens with one attached hydrogen (secondary N) is 1. The van der Waals surface area contributed by atoms with E-state index >= 15 is 0 Å². The van der Waals surface area contributed by atoms with Gasteiger partial charge in [0.15, 0.2) is 0 Å². The van der Waals surface area contributed by atoms with Gasteiger partial charge in [0.2, 0.25) is 21.8 Å². The zero-order valence-corrected chi connectivity index (χ0v) is 21.9. The molecule has 0 fully saturated rings. The summed E-state index contributed by atoms with van der Waals surface area (Å²) in [5.74, 6) is -0.579. The lowest BCUT2D eigenvalue weighted by atomic mass is 10.1. The molecule has 2 amide bonds. The summed E-state index contributed by atoms with van der Waals surface area (Å²) in [5.41, 5.74) is 0.478. The van der Waals surface area contributed by atoms with Gasteiger partial charge in [0.1, 0.15) is 18.3 Å². The molecular weight excluding hydrogens is 478 g/mol. The van der Waals surface area contributed by atoms with Gasteiger partial charge >= 0.3 is 0 Å². The molecule has 2 aromatic carbocycles. The van der Waals surface area contributed by atoms with Gasteiger partial charge in [-0.15, -0.1) is 0 Å². The van der Waals surface area contributed by atoms with E-state index in [-0.39, 0.29) is 18.1 Å². The Morgan fingerprint density at radius 3 is 2.21 bits per heavy atom. The highest BCUT2D eigenvalue weighted by Crippen LogP contribution is 2.29. The lowest BCUT2D eigenvalue weighted by Gasteiger charge is -2.33. The molecular formula is C24H32ClN3O5S. The van der Waals surface area contributed by atoms with E-state index in [9.17, 15) is 18.0 Å². The quantitative estimate of drug-likeness (QED) is 0.558. The van der Waals surface area contributed by atoms with Crippen LogP contribution in [0.15, 0.2) is 48.5 Å². The van der Waals surface area contributed by atoms with E-state index in [2.05, 4.69) is 5.32 Å². The van der Waals surface area contributed by atoms with Crippen molar-refractivity contribution >= 4 is 39.1 Å². The average molecular weight is 510 g/mol. The van der Waals surface area contributed by atoms with Crippen molar-refractivity contribution in [2.75, 3.05) is 24.2 Å². The highest BCUT2D eigenvalue weighted by molar-refractivity contribution is 7.92. The number of benzene rings is 2. The Hall–Kier alpha value is -2.78. The standard InChI is InChI=1S/C24H32ClN3O5S/c1-17(23(30)26-24(2,3)4)27(15-18-11-13-19(25)14-12-18)22(29)16-28(34(6,31)32)20-9-7-8-10-21(20)33-5/h7-14,17H,15-16H2,1-6H3,(H,26,30). The van der Waals surface area contributed by atoms with Crippen molar-refractivity contribution in [3.8, 4) is 5.75 Å². The Labute approximate surface area is 206 Å². The zero-order valence-electron chi connectivity index (χ0n) is 20.3. The molecule has 0 aliphatic carbocycles. The molecule has 1 unspecified atom stereocenters. The fourth-order valence-corrected chi connectivity index (χ4v) is 4.25. The molecule has 0 saturated carbocycles. The molecule has 186 valence electrons. The van der Waals surface area contributed by atoms with Crippen LogP contribution in [0.5, 0.6) is 5.75 Å². The van der Waals surface area contributed by atoms with Gasteiger partial charge in [-0.1, -0.05) is 35.9 Å². The Kier molecular flexibility index (Phi) is 8.96. The summed E-state index contributed by atoms with van der Waals surface area (Å²) in [7, 11) is -2.42. The van der Waals surface area contributed by atoms with Crippen LogP contribution in [0.3, 0.4) is 0 Å². The maximum atomic E-state index is 13.5. The summed E-state index contributed by atoms with van der Waals surface area (Å²) in [5, 5.41) is 3.42. The highest BCUT2D eigenvalue weighted by atomic mass is 35.5. The number of nitrogens with zero attached hydrogens (tertiary/aromatic N) is 2. The molecule has 2 aromatic rings. The first-order chi connectivity index (χ1) is 15.7. The molecule has 0 saturated heterocycles. The van der Waals surface area contributed by atoms with E-state index in [0.717, 1.165) is 16.1 Å². The van der Waals surface area contributed by atoms with E-state index in [1.54, 1.807) is 55.5 Å². The van der Waals surface area contributed by atoms with Crippen molar-refractivity contribution in [1.82, 2.24) is 10.2 Å². The predicted molar refractivity (Wildman–Crippen MR) is 135 cm³/mol. The van der Waals surface area contributed by atoms with Crippen molar-refractivity contribution in [2.24, 2.45) is 0 Å².